The molecule has 9 heteroatoms. The van der Waals surface area contributed by atoms with Gasteiger partial charge in [0.05, 0.1) is 11.5 Å². The first-order chi connectivity index (χ1) is 15.7. The average molecular weight is 485 g/mol. The normalized spacial score (nSPS) is 18.2. The highest BCUT2D eigenvalue weighted by atomic mass is 32.2. The van der Waals surface area contributed by atoms with E-state index in [1.807, 2.05) is 74.0 Å². The molecule has 1 aliphatic rings. The molecule has 0 aliphatic carbocycles. The fourth-order valence-electron chi connectivity index (χ4n) is 3.99. The van der Waals surface area contributed by atoms with Gasteiger partial charge in [0.1, 0.15) is 11.1 Å². The van der Waals surface area contributed by atoms with Crippen molar-refractivity contribution < 1.29 is 13.2 Å². The molecule has 1 saturated heterocycles. The van der Waals surface area contributed by atoms with Crippen LogP contribution < -0.4 is 5.32 Å². The molecule has 1 fully saturated rings. The smallest absolute Gasteiger partial charge is 0.242 e. The Balaban J connectivity index is 1.56. The van der Waals surface area contributed by atoms with Gasteiger partial charge in [-0.15, -0.1) is 10.2 Å². The van der Waals surface area contributed by atoms with E-state index in [0.717, 1.165) is 28.2 Å². The molecule has 0 spiro atoms. The van der Waals surface area contributed by atoms with Crippen LogP contribution in [-0.2, 0) is 28.1 Å². The lowest BCUT2D eigenvalue weighted by atomic mass is 10.1. The molecule has 1 aromatic heterocycles. The zero-order valence-electron chi connectivity index (χ0n) is 19.0. The maximum Gasteiger partial charge on any atom is 0.242 e. The van der Waals surface area contributed by atoms with Gasteiger partial charge >= 0.3 is 0 Å². The number of nitrogens with one attached hydrogen (secondary N) is 1. The van der Waals surface area contributed by atoms with Crippen LogP contribution in [0.1, 0.15) is 34.2 Å². The molecule has 33 heavy (non-hydrogen) atoms. The monoisotopic (exact) mass is 484 g/mol. The van der Waals surface area contributed by atoms with E-state index >= 15 is 0 Å². The number of amides is 1. The van der Waals surface area contributed by atoms with Crippen molar-refractivity contribution in [1.82, 2.24) is 14.8 Å². The fraction of sp³-hybridized carbons (Fsp3) is 0.375. The van der Waals surface area contributed by atoms with Crippen molar-refractivity contribution in [3.05, 3.63) is 71.0 Å². The lowest BCUT2D eigenvalue weighted by Gasteiger charge is -2.18. The Morgan fingerprint density at radius 3 is 2.64 bits per heavy atom. The summed E-state index contributed by atoms with van der Waals surface area (Å²) >= 11 is 1.34. The van der Waals surface area contributed by atoms with Crippen molar-refractivity contribution in [2.45, 2.75) is 37.1 Å². The minimum absolute atomic E-state index is 0.0632. The third-order valence-electron chi connectivity index (χ3n) is 5.94. The molecule has 2 aromatic carbocycles. The summed E-state index contributed by atoms with van der Waals surface area (Å²) in [4.78, 5) is 13.4. The molecular weight excluding hydrogens is 456 g/mol. The highest BCUT2D eigenvalue weighted by molar-refractivity contribution is 8.00. The van der Waals surface area contributed by atoms with Crippen molar-refractivity contribution in [3.8, 4) is 0 Å². The number of carbonyl (C=O) groups is 1. The lowest BCUT2D eigenvalue weighted by Crippen LogP contribution is -2.20. The molecular formula is C24H28N4O3S2. The molecule has 1 aliphatic heterocycles. The van der Waals surface area contributed by atoms with Crippen molar-refractivity contribution in [2.24, 2.45) is 13.0 Å². The summed E-state index contributed by atoms with van der Waals surface area (Å²) in [5.41, 5.74) is 3.74. The minimum Gasteiger partial charge on any atom is -0.325 e. The zero-order chi connectivity index (χ0) is 23.6. The van der Waals surface area contributed by atoms with E-state index in [9.17, 15) is 13.2 Å². The third kappa shape index (κ3) is 5.65. The predicted molar refractivity (Wildman–Crippen MR) is 131 cm³/mol. The van der Waals surface area contributed by atoms with Crippen LogP contribution in [0.4, 0.5) is 5.69 Å². The van der Waals surface area contributed by atoms with E-state index in [0.29, 0.717) is 18.0 Å². The van der Waals surface area contributed by atoms with Crippen LogP contribution in [0.15, 0.2) is 53.7 Å². The number of rotatable bonds is 7. The van der Waals surface area contributed by atoms with Gasteiger partial charge in [-0.1, -0.05) is 54.2 Å². The Hall–Kier alpha value is -2.65. The van der Waals surface area contributed by atoms with Crippen LogP contribution in [0, 0.1) is 19.8 Å². The SMILES string of the molecule is Cc1ccc(C)c(NC(=O)[C@H](Sc2nnc(C[C@@H]3CCS(=O)(=O)C3)n2C)c2ccccc2)c1. The number of benzene rings is 2. The molecule has 0 bridgehead atoms. The molecule has 7 nitrogen and oxygen atoms in total. The summed E-state index contributed by atoms with van der Waals surface area (Å²) in [5, 5.41) is 11.8. The Labute approximate surface area is 198 Å². The van der Waals surface area contributed by atoms with Gasteiger partial charge in [-0.2, -0.15) is 0 Å². The largest absolute Gasteiger partial charge is 0.325 e. The van der Waals surface area contributed by atoms with Crippen molar-refractivity contribution >= 4 is 33.2 Å². The first-order valence-corrected chi connectivity index (χ1v) is 13.6. The molecule has 0 radical (unpaired) electrons. The summed E-state index contributed by atoms with van der Waals surface area (Å²) < 4.78 is 25.5. The zero-order valence-corrected chi connectivity index (χ0v) is 20.6. The third-order valence-corrected chi connectivity index (χ3v) is 9.06. The van der Waals surface area contributed by atoms with E-state index in [4.69, 9.17) is 0 Å². The predicted octanol–water partition coefficient (Wildman–Crippen LogP) is 3.88. The van der Waals surface area contributed by atoms with E-state index < -0.39 is 15.1 Å². The summed E-state index contributed by atoms with van der Waals surface area (Å²) in [5.74, 6) is 1.11. The summed E-state index contributed by atoms with van der Waals surface area (Å²) in [6.45, 7) is 3.97. The highest BCUT2D eigenvalue weighted by Gasteiger charge is 2.30. The van der Waals surface area contributed by atoms with Gasteiger partial charge < -0.3 is 9.88 Å². The molecule has 0 saturated carbocycles. The van der Waals surface area contributed by atoms with Gasteiger partial charge in [-0.25, -0.2) is 8.42 Å². The van der Waals surface area contributed by atoms with E-state index in [2.05, 4.69) is 15.5 Å². The van der Waals surface area contributed by atoms with E-state index in [-0.39, 0.29) is 23.3 Å². The Bertz CT molecular complexity index is 1260. The molecule has 1 N–H and O–H groups in total. The topological polar surface area (TPSA) is 94.0 Å². The van der Waals surface area contributed by atoms with Gasteiger partial charge in [0.2, 0.25) is 5.91 Å². The second-order valence-electron chi connectivity index (χ2n) is 8.65. The fourth-order valence-corrected chi connectivity index (χ4v) is 6.87. The molecule has 0 unspecified atom stereocenters. The number of hydrogen-bond acceptors (Lipinski definition) is 6. The highest BCUT2D eigenvalue weighted by Crippen LogP contribution is 2.36. The van der Waals surface area contributed by atoms with Crippen molar-refractivity contribution in [1.29, 1.82) is 0 Å². The van der Waals surface area contributed by atoms with Crippen molar-refractivity contribution in [2.75, 3.05) is 16.8 Å². The molecule has 174 valence electrons. The molecule has 2 heterocycles. The van der Waals surface area contributed by atoms with Crippen LogP contribution in [0.2, 0.25) is 0 Å². The number of nitrogens with zero attached hydrogens (tertiary/aromatic N) is 3. The van der Waals surface area contributed by atoms with Crippen molar-refractivity contribution in [3.63, 3.8) is 0 Å². The summed E-state index contributed by atoms with van der Waals surface area (Å²) in [6.07, 6.45) is 1.22. The quantitative estimate of drug-likeness (QED) is 0.512. The van der Waals surface area contributed by atoms with Gasteiger partial charge in [-0.3, -0.25) is 4.79 Å². The number of anilines is 1. The van der Waals surface area contributed by atoms with Gasteiger partial charge in [0.15, 0.2) is 15.0 Å². The van der Waals surface area contributed by atoms with Crippen LogP contribution in [0.5, 0.6) is 0 Å². The van der Waals surface area contributed by atoms with Crippen LogP contribution in [-0.4, -0.2) is 40.6 Å². The Morgan fingerprint density at radius 2 is 1.94 bits per heavy atom. The van der Waals surface area contributed by atoms with Crippen LogP contribution >= 0.6 is 11.8 Å². The lowest BCUT2D eigenvalue weighted by molar-refractivity contribution is -0.115. The first kappa shape index (κ1) is 23.5. The molecule has 3 aromatic rings. The number of aromatic nitrogens is 3. The summed E-state index contributed by atoms with van der Waals surface area (Å²) in [6, 6.07) is 15.6. The Kier molecular flexibility index (Phi) is 6.90. The second-order valence-corrected chi connectivity index (χ2v) is 11.9. The van der Waals surface area contributed by atoms with Gasteiger partial charge in [0.25, 0.3) is 0 Å². The second kappa shape index (κ2) is 9.69. The maximum atomic E-state index is 13.4. The number of thioether (sulfide) groups is 1. The number of hydrogen-bond donors (Lipinski definition) is 1. The van der Waals surface area contributed by atoms with Crippen LogP contribution in [0.25, 0.3) is 0 Å². The summed E-state index contributed by atoms with van der Waals surface area (Å²) in [7, 11) is -1.07. The van der Waals surface area contributed by atoms with Gasteiger partial charge in [-0.05, 0) is 48.9 Å². The molecule has 2 atom stereocenters. The number of aryl methyl sites for hydroxylation is 2. The molecule has 1 amide bonds. The minimum atomic E-state index is -2.94. The van der Waals surface area contributed by atoms with E-state index in [1.165, 1.54) is 11.8 Å². The van der Waals surface area contributed by atoms with E-state index in [1.54, 1.807) is 0 Å². The average Bonchev–Trinajstić information content (AvgIpc) is 3.30. The number of sulfone groups is 1. The molecule has 4 rings (SSSR count). The van der Waals surface area contributed by atoms with Gasteiger partial charge in [0, 0.05) is 19.2 Å². The standard InChI is InChI=1S/C24H28N4O3S2/c1-16-9-10-17(2)20(13-16)25-23(29)22(19-7-5-4-6-8-19)32-24-27-26-21(28(24)3)14-18-11-12-33(30,31)15-18/h4-10,13,18,22H,11-12,14-15H2,1-3H3,(H,25,29)/t18-,22+/m0/s1. The van der Waals surface area contributed by atoms with Crippen LogP contribution in [0.3, 0.4) is 0 Å². The number of carbonyl (C=O) groups excluding carboxylic acids is 1. The Morgan fingerprint density at radius 1 is 1.18 bits per heavy atom. The first-order valence-electron chi connectivity index (χ1n) is 10.9. The maximum absolute atomic E-state index is 13.4.